The third-order valence-electron chi connectivity index (χ3n) is 6.50. The predicted molar refractivity (Wildman–Crippen MR) is 115 cm³/mol. The van der Waals surface area contributed by atoms with E-state index in [0.29, 0.717) is 54.1 Å². The molecule has 1 spiro atoms. The first kappa shape index (κ1) is 19.3. The first-order chi connectivity index (χ1) is 15.6. The molecule has 2 aromatic rings. The molecule has 8 heteroatoms. The van der Waals surface area contributed by atoms with E-state index in [2.05, 4.69) is 5.32 Å². The number of hydrogen-bond acceptors (Lipinski definition) is 6. The van der Waals surface area contributed by atoms with Crippen molar-refractivity contribution in [1.29, 1.82) is 0 Å². The van der Waals surface area contributed by atoms with Crippen molar-refractivity contribution >= 4 is 23.2 Å². The fraction of sp³-hybridized carbons (Fsp3) is 0.417. The fourth-order valence-electron chi connectivity index (χ4n) is 4.87. The van der Waals surface area contributed by atoms with Crippen LogP contribution in [-0.2, 0) is 9.59 Å². The number of nitrogens with zero attached hydrogens (tertiary/aromatic N) is 1. The van der Waals surface area contributed by atoms with Crippen LogP contribution in [0.25, 0.3) is 0 Å². The molecule has 0 bridgehead atoms. The van der Waals surface area contributed by atoms with Crippen LogP contribution >= 0.6 is 0 Å². The topological polar surface area (TPSA) is 86.3 Å². The van der Waals surface area contributed by atoms with Crippen LogP contribution in [0, 0.1) is 5.92 Å². The monoisotopic (exact) mass is 436 g/mol. The van der Waals surface area contributed by atoms with Gasteiger partial charge in [-0.25, -0.2) is 0 Å². The molecule has 2 fully saturated rings. The molecule has 1 atom stereocenters. The molecule has 1 N–H and O–H groups in total. The van der Waals surface area contributed by atoms with Gasteiger partial charge < -0.3 is 29.2 Å². The Kier molecular flexibility index (Phi) is 4.41. The third kappa shape index (κ3) is 3.30. The van der Waals surface area contributed by atoms with Gasteiger partial charge in [-0.05, 0) is 37.1 Å². The summed E-state index contributed by atoms with van der Waals surface area (Å²) in [6, 6.07) is 10.9. The number of hydrogen-bond donors (Lipinski definition) is 1. The SMILES string of the molecule is O=C(Nc1ccc2c(c1)OC1(CCCC1)O2)C1CC(=O)N(c2ccc3c(c2)OCCO3)C1. The molecule has 1 saturated carbocycles. The van der Waals surface area contributed by atoms with Gasteiger partial charge in [0.1, 0.15) is 13.2 Å². The molecule has 3 aliphatic heterocycles. The molecule has 8 nitrogen and oxygen atoms in total. The summed E-state index contributed by atoms with van der Waals surface area (Å²) in [7, 11) is 0. The summed E-state index contributed by atoms with van der Waals surface area (Å²) >= 11 is 0. The molecular weight excluding hydrogens is 412 g/mol. The molecule has 3 heterocycles. The highest BCUT2D eigenvalue weighted by Crippen LogP contribution is 2.47. The maximum Gasteiger partial charge on any atom is 0.251 e. The van der Waals surface area contributed by atoms with Crippen molar-refractivity contribution in [3.63, 3.8) is 0 Å². The van der Waals surface area contributed by atoms with Gasteiger partial charge in [0.2, 0.25) is 11.8 Å². The van der Waals surface area contributed by atoms with Gasteiger partial charge in [0, 0.05) is 49.3 Å². The maximum absolute atomic E-state index is 12.9. The van der Waals surface area contributed by atoms with E-state index in [1.165, 1.54) is 0 Å². The summed E-state index contributed by atoms with van der Waals surface area (Å²) in [5.74, 6) is 1.41. The lowest BCUT2D eigenvalue weighted by Gasteiger charge is -2.22. The standard InChI is InChI=1S/C24H24N2O6/c27-22-11-15(14-26(22)17-4-6-18-20(13-17)30-10-9-29-18)23(28)25-16-3-5-19-21(12-16)32-24(31-19)7-1-2-8-24/h3-6,12-13,15H,1-2,7-11,14H2,(H,25,28). The molecule has 0 radical (unpaired) electrons. The number of ether oxygens (including phenoxy) is 4. The van der Waals surface area contributed by atoms with Gasteiger partial charge in [-0.3, -0.25) is 9.59 Å². The van der Waals surface area contributed by atoms with Crippen LogP contribution < -0.4 is 29.2 Å². The summed E-state index contributed by atoms with van der Waals surface area (Å²) in [4.78, 5) is 27.2. The molecule has 2 aromatic carbocycles. The van der Waals surface area contributed by atoms with Crippen molar-refractivity contribution in [2.75, 3.05) is 30.0 Å². The summed E-state index contributed by atoms with van der Waals surface area (Å²) in [6.45, 7) is 1.31. The fourth-order valence-corrected chi connectivity index (χ4v) is 4.87. The minimum atomic E-state index is -0.535. The Hall–Kier alpha value is -3.42. The number of anilines is 2. The highest BCUT2D eigenvalue weighted by Gasteiger charge is 2.44. The van der Waals surface area contributed by atoms with E-state index in [-0.39, 0.29) is 18.2 Å². The summed E-state index contributed by atoms with van der Waals surface area (Å²) in [5, 5.41) is 2.94. The zero-order chi connectivity index (χ0) is 21.7. The lowest BCUT2D eigenvalue weighted by atomic mass is 10.1. The van der Waals surface area contributed by atoms with Crippen LogP contribution in [0.3, 0.4) is 0 Å². The van der Waals surface area contributed by atoms with Crippen LogP contribution in [0.5, 0.6) is 23.0 Å². The largest absolute Gasteiger partial charge is 0.486 e. The summed E-state index contributed by atoms with van der Waals surface area (Å²) in [5.41, 5.74) is 1.34. The first-order valence-electron chi connectivity index (χ1n) is 11.1. The van der Waals surface area contributed by atoms with Gasteiger partial charge >= 0.3 is 0 Å². The zero-order valence-electron chi connectivity index (χ0n) is 17.6. The van der Waals surface area contributed by atoms with E-state index in [1.54, 1.807) is 23.1 Å². The van der Waals surface area contributed by atoms with Crippen molar-refractivity contribution in [1.82, 2.24) is 0 Å². The Labute approximate surface area is 185 Å². The lowest BCUT2D eigenvalue weighted by Crippen LogP contribution is -2.34. The Bertz CT molecular complexity index is 1090. The van der Waals surface area contributed by atoms with Crippen molar-refractivity contribution in [3.05, 3.63) is 36.4 Å². The Morgan fingerprint density at radius 2 is 1.69 bits per heavy atom. The van der Waals surface area contributed by atoms with Gasteiger partial charge in [-0.15, -0.1) is 0 Å². The van der Waals surface area contributed by atoms with Gasteiger partial charge in [-0.1, -0.05) is 0 Å². The average Bonchev–Trinajstić information content (AvgIpc) is 3.51. The second kappa shape index (κ2) is 7.32. The molecule has 1 aliphatic carbocycles. The molecule has 166 valence electrons. The van der Waals surface area contributed by atoms with Crippen molar-refractivity contribution in [3.8, 4) is 23.0 Å². The van der Waals surface area contributed by atoms with Crippen LogP contribution in [0.1, 0.15) is 32.1 Å². The van der Waals surface area contributed by atoms with E-state index in [1.807, 2.05) is 18.2 Å². The van der Waals surface area contributed by atoms with Crippen LogP contribution in [-0.4, -0.2) is 37.4 Å². The number of nitrogens with one attached hydrogen (secondary N) is 1. The summed E-state index contributed by atoms with van der Waals surface area (Å²) < 4.78 is 23.3. The van der Waals surface area contributed by atoms with Crippen molar-refractivity contribution < 1.29 is 28.5 Å². The molecule has 1 unspecified atom stereocenters. The third-order valence-corrected chi connectivity index (χ3v) is 6.50. The van der Waals surface area contributed by atoms with E-state index < -0.39 is 11.7 Å². The normalized spacial score (nSPS) is 22.4. The predicted octanol–water partition coefficient (Wildman–Crippen LogP) is 3.49. The second-order valence-corrected chi connectivity index (χ2v) is 8.71. The molecule has 2 amide bonds. The van der Waals surface area contributed by atoms with E-state index in [0.717, 1.165) is 25.7 Å². The zero-order valence-corrected chi connectivity index (χ0v) is 17.6. The molecule has 1 saturated heterocycles. The van der Waals surface area contributed by atoms with Crippen LogP contribution in [0.4, 0.5) is 11.4 Å². The number of carbonyl (C=O) groups excluding carboxylic acids is 2. The summed E-state index contributed by atoms with van der Waals surface area (Å²) in [6.07, 6.45) is 4.10. The molecule has 6 rings (SSSR count). The highest BCUT2D eigenvalue weighted by molar-refractivity contribution is 6.03. The van der Waals surface area contributed by atoms with Crippen LogP contribution in [0.15, 0.2) is 36.4 Å². The quantitative estimate of drug-likeness (QED) is 0.793. The van der Waals surface area contributed by atoms with Gasteiger partial charge in [0.25, 0.3) is 5.79 Å². The minimum Gasteiger partial charge on any atom is -0.486 e. The van der Waals surface area contributed by atoms with Gasteiger partial charge in [0.15, 0.2) is 23.0 Å². The highest BCUT2D eigenvalue weighted by atomic mass is 16.7. The van der Waals surface area contributed by atoms with Gasteiger partial charge in [0.05, 0.1) is 5.92 Å². The molecule has 4 aliphatic rings. The smallest absolute Gasteiger partial charge is 0.251 e. The minimum absolute atomic E-state index is 0.0873. The molecule has 32 heavy (non-hydrogen) atoms. The molecule has 0 aromatic heterocycles. The average molecular weight is 436 g/mol. The van der Waals surface area contributed by atoms with E-state index in [9.17, 15) is 9.59 Å². The van der Waals surface area contributed by atoms with Gasteiger partial charge in [-0.2, -0.15) is 0 Å². The number of benzene rings is 2. The second-order valence-electron chi connectivity index (χ2n) is 8.71. The van der Waals surface area contributed by atoms with E-state index in [4.69, 9.17) is 18.9 Å². The van der Waals surface area contributed by atoms with E-state index >= 15 is 0 Å². The van der Waals surface area contributed by atoms with Crippen LogP contribution in [0.2, 0.25) is 0 Å². The maximum atomic E-state index is 12.9. The molecular formula is C24H24N2O6. The number of fused-ring (bicyclic) bond motifs is 2. The Morgan fingerprint density at radius 3 is 2.53 bits per heavy atom. The number of rotatable bonds is 3. The first-order valence-corrected chi connectivity index (χ1v) is 11.1. The number of carbonyl (C=O) groups is 2. The Morgan fingerprint density at radius 1 is 0.938 bits per heavy atom. The van der Waals surface area contributed by atoms with Crippen molar-refractivity contribution in [2.24, 2.45) is 5.92 Å². The van der Waals surface area contributed by atoms with Crippen molar-refractivity contribution in [2.45, 2.75) is 37.9 Å². The number of amides is 2. The Balaban J connectivity index is 1.13. The lowest BCUT2D eigenvalue weighted by molar-refractivity contribution is -0.122.